The molecule has 26 heavy (non-hydrogen) atoms. The van der Waals surface area contributed by atoms with Crippen LogP contribution in [0.4, 0.5) is 18.9 Å². The van der Waals surface area contributed by atoms with Crippen LogP contribution < -0.4 is 14.8 Å². The van der Waals surface area contributed by atoms with E-state index in [9.17, 15) is 18.0 Å². The van der Waals surface area contributed by atoms with Crippen LogP contribution >= 0.6 is 0 Å². The van der Waals surface area contributed by atoms with Crippen LogP contribution in [0.1, 0.15) is 10.4 Å². The number of anilines is 1. The largest absolute Gasteiger partial charge is 0.491 e. The zero-order valence-corrected chi connectivity index (χ0v) is 13.9. The number of hydrogen-bond donors (Lipinski definition) is 1. The van der Waals surface area contributed by atoms with Crippen LogP contribution in [0.5, 0.6) is 11.6 Å². The second-order valence-corrected chi connectivity index (χ2v) is 5.11. The number of carbonyl (C=O) groups excluding carboxylic acids is 1. The lowest BCUT2D eigenvalue weighted by molar-refractivity contribution is -0.154. The fourth-order valence-corrected chi connectivity index (χ4v) is 1.87. The summed E-state index contributed by atoms with van der Waals surface area (Å²) in [6, 6.07) is 9.29. The number of alkyl halides is 3. The molecule has 0 saturated heterocycles. The highest BCUT2D eigenvalue weighted by Crippen LogP contribution is 2.19. The number of halogens is 3. The SMILES string of the molecule is COCCOc1cccc(NC(=O)c2ccc(OCC(F)(F)F)nc2)c1. The summed E-state index contributed by atoms with van der Waals surface area (Å²) in [5, 5.41) is 2.65. The van der Waals surface area contributed by atoms with Crippen molar-refractivity contribution in [2.45, 2.75) is 6.18 Å². The lowest BCUT2D eigenvalue weighted by atomic mass is 10.2. The summed E-state index contributed by atoms with van der Waals surface area (Å²) >= 11 is 0. The Bertz CT molecular complexity index is 721. The minimum Gasteiger partial charge on any atom is -0.491 e. The van der Waals surface area contributed by atoms with Crippen molar-refractivity contribution >= 4 is 11.6 Å². The fraction of sp³-hybridized carbons (Fsp3) is 0.294. The predicted molar refractivity (Wildman–Crippen MR) is 87.6 cm³/mol. The first kappa shape index (κ1) is 19.5. The van der Waals surface area contributed by atoms with Gasteiger partial charge in [0.15, 0.2) is 6.61 Å². The summed E-state index contributed by atoms with van der Waals surface area (Å²) in [4.78, 5) is 15.9. The third-order valence-electron chi connectivity index (χ3n) is 3.03. The van der Waals surface area contributed by atoms with Crippen LogP contribution in [0.2, 0.25) is 0 Å². The minimum atomic E-state index is -4.45. The molecule has 0 saturated carbocycles. The topological polar surface area (TPSA) is 69.7 Å². The van der Waals surface area contributed by atoms with Gasteiger partial charge in [-0.3, -0.25) is 4.79 Å². The van der Waals surface area contributed by atoms with E-state index in [2.05, 4.69) is 15.0 Å². The number of pyridine rings is 1. The van der Waals surface area contributed by atoms with E-state index in [1.54, 1.807) is 31.4 Å². The van der Waals surface area contributed by atoms with E-state index in [1.807, 2.05) is 0 Å². The highest BCUT2D eigenvalue weighted by Gasteiger charge is 2.28. The maximum Gasteiger partial charge on any atom is 0.422 e. The first-order valence-electron chi connectivity index (χ1n) is 7.56. The summed E-state index contributed by atoms with van der Waals surface area (Å²) in [5.41, 5.74) is 0.678. The van der Waals surface area contributed by atoms with Gasteiger partial charge in [-0.05, 0) is 18.2 Å². The zero-order valence-electron chi connectivity index (χ0n) is 13.9. The molecule has 1 aromatic heterocycles. The number of nitrogens with one attached hydrogen (secondary N) is 1. The van der Waals surface area contributed by atoms with E-state index in [1.165, 1.54) is 12.1 Å². The molecule has 140 valence electrons. The minimum absolute atomic E-state index is 0.176. The Kier molecular flexibility index (Phi) is 6.79. The monoisotopic (exact) mass is 370 g/mol. The van der Waals surface area contributed by atoms with Crippen molar-refractivity contribution in [1.82, 2.24) is 4.98 Å². The van der Waals surface area contributed by atoms with Gasteiger partial charge >= 0.3 is 6.18 Å². The van der Waals surface area contributed by atoms with Gasteiger partial charge in [0, 0.05) is 31.1 Å². The third-order valence-corrected chi connectivity index (χ3v) is 3.03. The molecular weight excluding hydrogens is 353 g/mol. The predicted octanol–water partition coefficient (Wildman–Crippen LogP) is 3.30. The Hall–Kier alpha value is -2.81. The van der Waals surface area contributed by atoms with E-state index >= 15 is 0 Å². The Morgan fingerprint density at radius 1 is 1.15 bits per heavy atom. The quantitative estimate of drug-likeness (QED) is 0.722. The van der Waals surface area contributed by atoms with Gasteiger partial charge in [0.25, 0.3) is 5.91 Å². The summed E-state index contributed by atoms with van der Waals surface area (Å²) < 4.78 is 51.1. The van der Waals surface area contributed by atoms with Crippen LogP contribution in [-0.4, -0.2) is 44.0 Å². The number of ether oxygens (including phenoxy) is 3. The lowest BCUT2D eigenvalue weighted by Gasteiger charge is -2.10. The van der Waals surface area contributed by atoms with Gasteiger partial charge < -0.3 is 19.5 Å². The number of amides is 1. The number of nitrogens with zero attached hydrogens (tertiary/aromatic N) is 1. The Morgan fingerprint density at radius 3 is 2.62 bits per heavy atom. The average Bonchev–Trinajstić information content (AvgIpc) is 2.60. The molecule has 1 amide bonds. The van der Waals surface area contributed by atoms with E-state index in [0.29, 0.717) is 24.7 Å². The maximum absolute atomic E-state index is 12.2. The Labute approximate surface area is 147 Å². The smallest absolute Gasteiger partial charge is 0.422 e. The van der Waals surface area contributed by atoms with Crippen molar-refractivity contribution in [1.29, 1.82) is 0 Å². The molecule has 0 radical (unpaired) electrons. The molecule has 0 aliphatic heterocycles. The normalized spacial score (nSPS) is 11.1. The van der Waals surface area contributed by atoms with Crippen molar-refractivity contribution < 1.29 is 32.2 Å². The van der Waals surface area contributed by atoms with Crippen molar-refractivity contribution in [3.63, 3.8) is 0 Å². The molecule has 1 N–H and O–H groups in total. The standard InChI is InChI=1S/C17H17F3N2O4/c1-24-7-8-25-14-4-2-3-13(9-14)22-16(23)12-5-6-15(21-10-12)26-11-17(18,19)20/h2-6,9-10H,7-8,11H2,1H3,(H,22,23). The molecule has 0 aliphatic carbocycles. The number of methoxy groups -OCH3 is 1. The van der Waals surface area contributed by atoms with Gasteiger partial charge in [-0.25, -0.2) is 4.98 Å². The zero-order chi connectivity index (χ0) is 19.0. The van der Waals surface area contributed by atoms with Gasteiger partial charge in [-0.2, -0.15) is 13.2 Å². The van der Waals surface area contributed by atoms with Crippen LogP contribution in [-0.2, 0) is 4.74 Å². The van der Waals surface area contributed by atoms with Gasteiger partial charge in [0.1, 0.15) is 12.4 Å². The maximum atomic E-state index is 12.2. The van der Waals surface area contributed by atoms with Crippen molar-refractivity contribution in [2.75, 3.05) is 32.2 Å². The molecular formula is C17H17F3N2O4. The molecule has 0 unspecified atom stereocenters. The highest BCUT2D eigenvalue weighted by atomic mass is 19.4. The summed E-state index contributed by atoms with van der Waals surface area (Å²) in [6.07, 6.45) is -3.31. The summed E-state index contributed by atoms with van der Waals surface area (Å²) in [6.45, 7) is -0.635. The summed E-state index contributed by atoms with van der Waals surface area (Å²) in [5.74, 6) is -0.116. The number of hydrogen-bond acceptors (Lipinski definition) is 5. The number of aromatic nitrogens is 1. The molecule has 0 aliphatic rings. The first-order valence-corrected chi connectivity index (χ1v) is 7.56. The van der Waals surface area contributed by atoms with Gasteiger partial charge in [-0.15, -0.1) is 0 Å². The molecule has 1 heterocycles. The molecule has 0 bridgehead atoms. The van der Waals surface area contributed by atoms with Crippen LogP contribution in [0, 0.1) is 0 Å². The number of carbonyl (C=O) groups is 1. The van der Waals surface area contributed by atoms with Gasteiger partial charge in [0.05, 0.1) is 12.2 Å². The van der Waals surface area contributed by atoms with Gasteiger partial charge in [0.2, 0.25) is 5.88 Å². The molecule has 0 spiro atoms. The van der Waals surface area contributed by atoms with Crippen LogP contribution in [0.15, 0.2) is 42.6 Å². The molecule has 9 heteroatoms. The van der Waals surface area contributed by atoms with Crippen LogP contribution in [0.25, 0.3) is 0 Å². The van der Waals surface area contributed by atoms with Crippen molar-refractivity contribution in [3.8, 4) is 11.6 Å². The van der Waals surface area contributed by atoms with E-state index < -0.39 is 18.7 Å². The molecule has 2 aromatic rings. The van der Waals surface area contributed by atoms with E-state index in [0.717, 1.165) is 6.20 Å². The second-order valence-electron chi connectivity index (χ2n) is 5.11. The molecule has 0 atom stereocenters. The van der Waals surface area contributed by atoms with Gasteiger partial charge in [-0.1, -0.05) is 6.07 Å². The Balaban J connectivity index is 1.94. The first-order chi connectivity index (χ1) is 12.4. The Morgan fingerprint density at radius 2 is 1.96 bits per heavy atom. The number of rotatable bonds is 8. The van der Waals surface area contributed by atoms with Crippen molar-refractivity contribution in [2.24, 2.45) is 0 Å². The fourth-order valence-electron chi connectivity index (χ4n) is 1.87. The van der Waals surface area contributed by atoms with Crippen molar-refractivity contribution in [3.05, 3.63) is 48.2 Å². The molecule has 0 fully saturated rings. The van der Waals surface area contributed by atoms with Crippen LogP contribution in [0.3, 0.4) is 0 Å². The lowest BCUT2D eigenvalue weighted by Crippen LogP contribution is -2.19. The molecule has 2 rings (SSSR count). The highest BCUT2D eigenvalue weighted by molar-refractivity contribution is 6.04. The third kappa shape index (κ3) is 6.60. The average molecular weight is 370 g/mol. The molecule has 6 nitrogen and oxygen atoms in total. The molecule has 1 aromatic carbocycles. The van der Waals surface area contributed by atoms with E-state index in [-0.39, 0.29) is 11.4 Å². The summed E-state index contributed by atoms with van der Waals surface area (Å²) in [7, 11) is 1.56. The van der Waals surface area contributed by atoms with E-state index in [4.69, 9.17) is 9.47 Å². The number of benzene rings is 1. The second kappa shape index (κ2) is 9.04.